The second kappa shape index (κ2) is 5.78. The van der Waals surface area contributed by atoms with Crippen molar-refractivity contribution in [1.82, 2.24) is 10.3 Å². The number of nitrogens with two attached hydrogens (primary N) is 1. The first-order chi connectivity index (χ1) is 9.90. The molecule has 6 heteroatoms. The Morgan fingerprint density at radius 1 is 1.29 bits per heavy atom. The molecule has 2 aromatic rings. The van der Waals surface area contributed by atoms with Crippen LogP contribution >= 0.6 is 0 Å². The highest BCUT2D eigenvalue weighted by atomic mass is 16.4. The van der Waals surface area contributed by atoms with Gasteiger partial charge in [-0.25, -0.2) is 4.98 Å². The van der Waals surface area contributed by atoms with E-state index in [0.717, 1.165) is 5.39 Å². The number of nitrogen functional groups attached to an aromatic ring is 1. The van der Waals surface area contributed by atoms with Gasteiger partial charge in [-0.2, -0.15) is 0 Å². The normalized spacial score (nSPS) is 13.6. The summed E-state index contributed by atoms with van der Waals surface area (Å²) in [4.78, 5) is 27.3. The molecule has 0 spiro atoms. The molecule has 21 heavy (non-hydrogen) atoms. The zero-order valence-electron chi connectivity index (χ0n) is 11.8. The van der Waals surface area contributed by atoms with E-state index in [-0.39, 0.29) is 5.69 Å². The summed E-state index contributed by atoms with van der Waals surface area (Å²) in [6, 6.07) is 8.24. The molecule has 4 N–H and O–H groups in total. The molecule has 110 valence electrons. The fraction of sp³-hybridized carbons (Fsp3) is 0.267. The summed E-state index contributed by atoms with van der Waals surface area (Å²) in [5, 5.41) is 12.3. The molecule has 0 saturated carbocycles. The van der Waals surface area contributed by atoms with Gasteiger partial charge >= 0.3 is 5.97 Å². The number of carboxylic acid groups (broad SMARTS) is 1. The van der Waals surface area contributed by atoms with Crippen molar-refractivity contribution in [3.63, 3.8) is 0 Å². The lowest BCUT2D eigenvalue weighted by Gasteiger charge is -2.17. The minimum Gasteiger partial charge on any atom is -0.481 e. The van der Waals surface area contributed by atoms with Gasteiger partial charge in [-0.3, -0.25) is 9.59 Å². The molecule has 1 heterocycles. The molecule has 0 saturated heterocycles. The van der Waals surface area contributed by atoms with Crippen molar-refractivity contribution in [2.24, 2.45) is 5.92 Å². The number of pyridine rings is 1. The minimum atomic E-state index is -0.964. The van der Waals surface area contributed by atoms with Crippen molar-refractivity contribution in [1.29, 1.82) is 0 Å². The number of fused-ring (bicyclic) bond motifs is 1. The van der Waals surface area contributed by atoms with E-state index in [0.29, 0.717) is 11.2 Å². The number of anilines is 1. The Hall–Kier alpha value is -2.63. The van der Waals surface area contributed by atoms with Crippen molar-refractivity contribution in [2.75, 3.05) is 5.73 Å². The predicted octanol–water partition coefficient (Wildman–Crippen LogP) is 1.66. The molecule has 2 unspecified atom stereocenters. The molecule has 0 aliphatic heterocycles. The number of carbonyl (C=O) groups excluding carboxylic acids is 1. The van der Waals surface area contributed by atoms with Crippen LogP contribution in [0.2, 0.25) is 0 Å². The number of hydrogen-bond acceptors (Lipinski definition) is 4. The smallest absolute Gasteiger partial charge is 0.308 e. The van der Waals surface area contributed by atoms with Crippen LogP contribution in [0.1, 0.15) is 24.3 Å². The Morgan fingerprint density at radius 3 is 2.62 bits per heavy atom. The van der Waals surface area contributed by atoms with E-state index in [1.54, 1.807) is 13.0 Å². The molecule has 0 aliphatic rings. The average Bonchev–Trinajstić information content (AvgIpc) is 2.46. The third kappa shape index (κ3) is 3.10. The van der Waals surface area contributed by atoms with Gasteiger partial charge in [-0.05, 0) is 26.0 Å². The summed E-state index contributed by atoms with van der Waals surface area (Å²) in [6.07, 6.45) is 0. The van der Waals surface area contributed by atoms with Gasteiger partial charge in [0.1, 0.15) is 5.69 Å². The summed E-state index contributed by atoms with van der Waals surface area (Å²) >= 11 is 0. The van der Waals surface area contributed by atoms with Crippen molar-refractivity contribution in [3.8, 4) is 0 Å². The molecule has 6 nitrogen and oxygen atoms in total. The number of hydrogen-bond donors (Lipinski definition) is 3. The maximum atomic E-state index is 12.2. The number of carboxylic acids is 1. The van der Waals surface area contributed by atoms with Crippen LogP contribution < -0.4 is 11.1 Å². The Labute approximate surface area is 122 Å². The second-order valence-corrected chi connectivity index (χ2v) is 5.00. The number of rotatable bonds is 4. The van der Waals surface area contributed by atoms with Crippen molar-refractivity contribution < 1.29 is 14.7 Å². The molecular weight excluding hydrogens is 270 g/mol. The van der Waals surface area contributed by atoms with Crippen LogP contribution in [-0.4, -0.2) is 28.0 Å². The summed E-state index contributed by atoms with van der Waals surface area (Å²) < 4.78 is 0. The van der Waals surface area contributed by atoms with Crippen LogP contribution in [0.25, 0.3) is 10.9 Å². The molecular formula is C15H17N3O3. The number of benzene rings is 1. The van der Waals surface area contributed by atoms with E-state index in [9.17, 15) is 9.59 Å². The topological polar surface area (TPSA) is 105 Å². The quantitative estimate of drug-likeness (QED) is 0.793. The van der Waals surface area contributed by atoms with E-state index in [1.165, 1.54) is 13.0 Å². The molecule has 2 rings (SSSR count). The van der Waals surface area contributed by atoms with Crippen LogP contribution in [0.4, 0.5) is 5.69 Å². The molecule has 0 bridgehead atoms. The van der Waals surface area contributed by atoms with E-state index >= 15 is 0 Å². The van der Waals surface area contributed by atoms with E-state index < -0.39 is 23.8 Å². The summed E-state index contributed by atoms with van der Waals surface area (Å²) in [7, 11) is 0. The minimum absolute atomic E-state index is 0.177. The molecule has 0 fully saturated rings. The van der Waals surface area contributed by atoms with Crippen LogP contribution in [0.5, 0.6) is 0 Å². The highest BCUT2D eigenvalue weighted by Gasteiger charge is 2.22. The first-order valence-corrected chi connectivity index (χ1v) is 6.59. The highest BCUT2D eigenvalue weighted by Crippen LogP contribution is 2.20. The molecule has 0 aliphatic carbocycles. The number of para-hydroxylation sites is 1. The van der Waals surface area contributed by atoms with E-state index in [1.807, 2.05) is 18.2 Å². The lowest BCUT2D eigenvalue weighted by atomic mass is 10.0. The van der Waals surface area contributed by atoms with Crippen molar-refractivity contribution in [2.45, 2.75) is 19.9 Å². The number of amides is 1. The average molecular weight is 287 g/mol. The van der Waals surface area contributed by atoms with E-state index in [2.05, 4.69) is 10.3 Å². The Kier molecular flexibility index (Phi) is 4.07. The number of carbonyl (C=O) groups is 2. The Balaban J connectivity index is 2.26. The zero-order valence-corrected chi connectivity index (χ0v) is 11.8. The van der Waals surface area contributed by atoms with Gasteiger partial charge in [0.05, 0.1) is 11.4 Å². The predicted molar refractivity (Wildman–Crippen MR) is 79.9 cm³/mol. The maximum Gasteiger partial charge on any atom is 0.308 e. The third-order valence-corrected chi connectivity index (χ3v) is 3.48. The first-order valence-electron chi connectivity index (χ1n) is 6.59. The van der Waals surface area contributed by atoms with Crippen LogP contribution in [0, 0.1) is 5.92 Å². The van der Waals surface area contributed by atoms with Gasteiger partial charge in [0, 0.05) is 17.1 Å². The first kappa shape index (κ1) is 14.8. The highest BCUT2D eigenvalue weighted by molar-refractivity contribution is 5.99. The lowest BCUT2D eigenvalue weighted by molar-refractivity contribution is -0.141. The molecule has 0 radical (unpaired) electrons. The van der Waals surface area contributed by atoms with Gasteiger partial charge < -0.3 is 16.2 Å². The Bertz CT molecular complexity index is 700. The molecule has 1 amide bonds. The van der Waals surface area contributed by atoms with Crippen LogP contribution in [-0.2, 0) is 4.79 Å². The number of aromatic nitrogens is 1. The zero-order chi connectivity index (χ0) is 15.6. The number of aliphatic carboxylic acids is 1. The second-order valence-electron chi connectivity index (χ2n) is 5.00. The summed E-state index contributed by atoms with van der Waals surface area (Å²) in [6.45, 7) is 3.18. The van der Waals surface area contributed by atoms with Gasteiger partial charge in [0.25, 0.3) is 5.91 Å². The molecule has 2 atom stereocenters. The third-order valence-electron chi connectivity index (χ3n) is 3.48. The number of nitrogens with zero attached hydrogens (tertiary/aromatic N) is 1. The summed E-state index contributed by atoms with van der Waals surface area (Å²) in [5.41, 5.74) is 7.19. The van der Waals surface area contributed by atoms with E-state index in [4.69, 9.17) is 10.8 Å². The SMILES string of the molecule is CC(NC(=O)c1cc(N)c2ccccc2n1)C(C)C(=O)O. The molecule has 1 aromatic carbocycles. The Morgan fingerprint density at radius 2 is 1.95 bits per heavy atom. The largest absolute Gasteiger partial charge is 0.481 e. The maximum absolute atomic E-state index is 12.2. The van der Waals surface area contributed by atoms with Gasteiger partial charge in [-0.1, -0.05) is 18.2 Å². The van der Waals surface area contributed by atoms with Gasteiger partial charge in [-0.15, -0.1) is 0 Å². The van der Waals surface area contributed by atoms with Crippen molar-refractivity contribution in [3.05, 3.63) is 36.0 Å². The van der Waals surface area contributed by atoms with Gasteiger partial charge in [0.15, 0.2) is 0 Å². The van der Waals surface area contributed by atoms with Crippen LogP contribution in [0.15, 0.2) is 30.3 Å². The summed E-state index contributed by atoms with van der Waals surface area (Å²) in [5.74, 6) is -2.09. The molecule has 1 aromatic heterocycles. The monoisotopic (exact) mass is 287 g/mol. The fourth-order valence-corrected chi connectivity index (χ4v) is 1.94. The fourth-order valence-electron chi connectivity index (χ4n) is 1.94. The van der Waals surface area contributed by atoms with Crippen LogP contribution in [0.3, 0.4) is 0 Å². The lowest BCUT2D eigenvalue weighted by Crippen LogP contribution is -2.40. The standard InChI is InChI=1S/C15H17N3O3/c1-8(15(20)21)9(2)17-14(19)13-7-11(16)10-5-3-4-6-12(10)18-13/h3-9H,1-2H3,(H2,16,18)(H,17,19)(H,20,21). The van der Waals surface area contributed by atoms with Crippen molar-refractivity contribution >= 4 is 28.5 Å². The van der Waals surface area contributed by atoms with Gasteiger partial charge in [0.2, 0.25) is 0 Å². The number of nitrogens with one attached hydrogen (secondary N) is 1.